The van der Waals surface area contributed by atoms with Crippen molar-refractivity contribution in [2.75, 3.05) is 18.9 Å². The molecular weight excluding hydrogens is 266 g/mol. The predicted octanol–water partition coefficient (Wildman–Crippen LogP) is 1.71. The van der Waals surface area contributed by atoms with E-state index in [4.69, 9.17) is 22.1 Å². The summed E-state index contributed by atoms with van der Waals surface area (Å²) in [6.45, 7) is 1.20. The zero-order valence-electron chi connectivity index (χ0n) is 10.5. The number of anilines is 1. The van der Waals surface area contributed by atoms with E-state index in [2.05, 4.69) is 4.98 Å². The normalized spacial score (nSPS) is 26.3. The van der Waals surface area contributed by atoms with Crippen molar-refractivity contribution < 1.29 is 9.53 Å². The van der Waals surface area contributed by atoms with Crippen LogP contribution in [0.4, 0.5) is 5.82 Å². The lowest BCUT2D eigenvalue weighted by atomic mass is 10.1. The number of nitrogens with zero attached hydrogens (tertiary/aromatic N) is 2. The van der Waals surface area contributed by atoms with Crippen LogP contribution in [0.15, 0.2) is 12.3 Å². The van der Waals surface area contributed by atoms with Crippen LogP contribution in [0.1, 0.15) is 29.6 Å². The van der Waals surface area contributed by atoms with E-state index in [0.29, 0.717) is 29.6 Å². The SMILES string of the molecule is Nc1cc(C(=O)N2CCOC3CCCC32)c(Cl)cn1. The second-order valence-corrected chi connectivity index (χ2v) is 5.40. The van der Waals surface area contributed by atoms with Crippen LogP contribution in [-0.4, -0.2) is 41.1 Å². The van der Waals surface area contributed by atoms with Crippen molar-refractivity contribution in [1.82, 2.24) is 9.88 Å². The molecule has 6 heteroatoms. The molecule has 1 aliphatic carbocycles. The highest BCUT2D eigenvalue weighted by Crippen LogP contribution is 2.31. The van der Waals surface area contributed by atoms with Gasteiger partial charge in [-0.25, -0.2) is 4.98 Å². The van der Waals surface area contributed by atoms with Crippen LogP contribution in [0.5, 0.6) is 0 Å². The fourth-order valence-corrected chi connectivity index (χ4v) is 3.14. The molecule has 0 radical (unpaired) electrons. The second-order valence-electron chi connectivity index (χ2n) is 5.00. The number of aromatic nitrogens is 1. The van der Waals surface area contributed by atoms with E-state index in [-0.39, 0.29) is 18.1 Å². The summed E-state index contributed by atoms with van der Waals surface area (Å²) in [4.78, 5) is 18.4. The summed E-state index contributed by atoms with van der Waals surface area (Å²) in [5.74, 6) is 0.239. The third-order valence-electron chi connectivity index (χ3n) is 3.85. The quantitative estimate of drug-likeness (QED) is 0.851. The summed E-state index contributed by atoms with van der Waals surface area (Å²) in [6.07, 6.45) is 4.73. The van der Waals surface area contributed by atoms with Gasteiger partial charge in [-0.15, -0.1) is 0 Å². The standard InChI is InChI=1S/C13H16ClN3O2/c14-9-7-16-12(15)6-8(9)13(18)17-4-5-19-11-3-1-2-10(11)17/h6-7,10-11H,1-5H2,(H2,15,16). The van der Waals surface area contributed by atoms with Crippen molar-refractivity contribution in [3.8, 4) is 0 Å². The largest absolute Gasteiger partial charge is 0.384 e. The molecule has 3 rings (SSSR count). The summed E-state index contributed by atoms with van der Waals surface area (Å²) < 4.78 is 5.71. The molecule has 5 nitrogen and oxygen atoms in total. The number of ether oxygens (including phenoxy) is 1. The molecule has 2 aliphatic rings. The van der Waals surface area contributed by atoms with Crippen molar-refractivity contribution >= 4 is 23.3 Å². The van der Waals surface area contributed by atoms with Gasteiger partial charge in [-0.3, -0.25) is 4.79 Å². The number of pyridine rings is 1. The number of carbonyl (C=O) groups is 1. The van der Waals surface area contributed by atoms with Gasteiger partial charge in [-0.1, -0.05) is 11.6 Å². The van der Waals surface area contributed by atoms with E-state index in [1.54, 1.807) is 6.07 Å². The smallest absolute Gasteiger partial charge is 0.255 e. The van der Waals surface area contributed by atoms with Crippen LogP contribution >= 0.6 is 11.6 Å². The Balaban J connectivity index is 1.88. The lowest BCUT2D eigenvalue weighted by molar-refractivity contribution is -0.0445. The maximum absolute atomic E-state index is 12.6. The maximum atomic E-state index is 12.6. The molecule has 0 bridgehead atoms. The molecule has 0 aromatic carbocycles. The number of morpholine rings is 1. The maximum Gasteiger partial charge on any atom is 0.255 e. The number of rotatable bonds is 1. The summed E-state index contributed by atoms with van der Waals surface area (Å²) in [6, 6.07) is 1.72. The molecule has 19 heavy (non-hydrogen) atoms. The average molecular weight is 282 g/mol. The highest BCUT2D eigenvalue weighted by Gasteiger charge is 2.39. The van der Waals surface area contributed by atoms with Gasteiger partial charge in [0.15, 0.2) is 0 Å². The Labute approximate surface area is 116 Å². The van der Waals surface area contributed by atoms with Gasteiger partial charge in [0.2, 0.25) is 0 Å². The van der Waals surface area contributed by atoms with Crippen molar-refractivity contribution in [3.05, 3.63) is 22.8 Å². The monoisotopic (exact) mass is 281 g/mol. The van der Waals surface area contributed by atoms with Crippen LogP contribution in [0.3, 0.4) is 0 Å². The molecule has 2 atom stereocenters. The Morgan fingerprint density at radius 2 is 2.37 bits per heavy atom. The highest BCUT2D eigenvalue weighted by atomic mass is 35.5. The van der Waals surface area contributed by atoms with Gasteiger partial charge >= 0.3 is 0 Å². The fourth-order valence-electron chi connectivity index (χ4n) is 2.95. The molecule has 2 heterocycles. The van der Waals surface area contributed by atoms with Crippen molar-refractivity contribution in [3.63, 3.8) is 0 Å². The van der Waals surface area contributed by atoms with Crippen LogP contribution in [0, 0.1) is 0 Å². The van der Waals surface area contributed by atoms with Gasteiger partial charge in [-0.2, -0.15) is 0 Å². The first-order chi connectivity index (χ1) is 9.16. The van der Waals surface area contributed by atoms with Crippen molar-refractivity contribution in [2.24, 2.45) is 0 Å². The zero-order valence-corrected chi connectivity index (χ0v) is 11.3. The minimum Gasteiger partial charge on any atom is -0.384 e. The molecule has 2 unspecified atom stereocenters. The third-order valence-corrected chi connectivity index (χ3v) is 4.15. The van der Waals surface area contributed by atoms with Gasteiger partial charge in [-0.05, 0) is 25.3 Å². The van der Waals surface area contributed by atoms with Gasteiger partial charge in [0.05, 0.1) is 29.3 Å². The first kappa shape index (κ1) is 12.7. The molecule has 2 N–H and O–H groups in total. The Bertz CT molecular complexity index is 509. The average Bonchev–Trinajstić information content (AvgIpc) is 2.89. The molecule has 1 aromatic heterocycles. The number of nitrogen functional groups attached to an aromatic ring is 1. The van der Waals surface area contributed by atoms with Gasteiger partial charge in [0.1, 0.15) is 5.82 Å². The van der Waals surface area contributed by atoms with Crippen molar-refractivity contribution in [2.45, 2.75) is 31.4 Å². The summed E-state index contributed by atoms with van der Waals surface area (Å²) >= 11 is 6.06. The Morgan fingerprint density at radius 3 is 3.21 bits per heavy atom. The van der Waals surface area contributed by atoms with E-state index < -0.39 is 0 Å². The molecule has 102 valence electrons. The summed E-state index contributed by atoms with van der Waals surface area (Å²) in [5, 5.41) is 0.347. The number of hydrogen-bond acceptors (Lipinski definition) is 4. The van der Waals surface area contributed by atoms with Gasteiger partial charge in [0, 0.05) is 12.7 Å². The zero-order chi connectivity index (χ0) is 13.4. The number of fused-ring (bicyclic) bond motifs is 1. The number of nitrogens with two attached hydrogens (primary N) is 1. The van der Waals surface area contributed by atoms with E-state index >= 15 is 0 Å². The van der Waals surface area contributed by atoms with Crippen LogP contribution in [0.2, 0.25) is 5.02 Å². The number of hydrogen-bond donors (Lipinski definition) is 1. The van der Waals surface area contributed by atoms with E-state index in [9.17, 15) is 4.79 Å². The van der Waals surface area contributed by atoms with Crippen LogP contribution < -0.4 is 5.73 Å². The minimum absolute atomic E-state index is 0.0701. The Hall–Kier alpha value is -1.33. The highest BCUT2D eigenvalue weighted by molar-refractivity contribution is 6.33. The molecular formula is C13H16ClN3O2. The lowest BCUT2D eigenvalue weighted by Crippen LogP contribution is -2.51. The van der Waals surface area contributed by atoms with Crippen LogP contribution in [-0.2, 0) is 4.74 Å². The topological polar surface area (TPSA) is 68.5 Å². The molecule has 1 saturated carbocycles. The lowest BCUT2D eigenvalue weighted by Gasteiger charge is -2.37. The molecule has 1 amide bonds. The fraction of sp³-hybridized carbons (Fsp3) is 0.538. The number of halogens is 1. The first-order valence-electron chi connectivity index (χ1n) is 6.50. The third kappa shape index (κ3) is 2.28. The van der Waals surface area contributed by atoms with E-state index in [1.165, 1.54) is 6.20 Å². The summed E-state index contributed by atoms with van der Waals surface area (Å²) in [5.41, 5.74) is 6.07. The molecule has 0 spiro atoms. The summed E-state index contributed by atoms with van der Waals surface area (Å²) in [7, 11) is 0. The molecule has 1 saturated heterocycles. The van der Waals surface area contributed by atoms with Crippen molar-refractivity contribution in [1.29, 1.82) is 0 Å². The number of carbonyl (C=O) groups excluding carboxylic acids is 1. The molecule has 1 aromatic rings. The Morgan fingerprint density at radius 1 is 1.53 bits per heavy atom. The molecule has 2 fully saturated rings. The minimum atomic E-state index is -0.0701. The second kappa shape index (κ2) is 4.98. The first-order valence-corrected chi connectivity index (χ1v) is 6.88. The van der Waals surface area contributed by atoms with Crippen LogP contribution in [0.25, 0.3) is 0 Å². The molecule has 1 aliphatic heterocycles. The van der Waals surface area contributed by atoms with Gasteiger partial charge < -0.3 is 15.4 Å². The predicted molar refractivity (Wildman–Crippen MR) is 72.1 cm³/mol. The Kier molecular flexibility index (Phi) is 3.33. The number of amides is 1. The van der Waals surface area contributed by atoms with Gasteiger partial charge in [0.25, 0.3) is 5.91 Å². The van der Waals surface area contributed by atoms with E-state index in [0.717, 1.165) is 19.3 Å². The van der Waals surface area contributed by atoms with E-state index in [1.807, 2.05) is 4.90 Å².